The van der Waals surface area contributed by atoms with E-state index in [9.17, 15) is 4.79 Å². The zero-order valence-corrected chi connectivity index (χ0v) is 14.8. The molecule has 2 rings (SSSR count). The highest BCUT2D eigenvalue weighted by Gasteiger charge is 2.16. The van der Waals surface area contributed by atoms with Crippen LogP contribution in [0.25, 0.3) is 0 Å². The largest absolute Gasteiger partial charge is 0.493 e. The fraction of sp³-hybridized carbons (Fsp3) is 0.235. The number of hydrogen-bond donors (Lipinski definition) is 1. The average Bonchev–Trinajstić information content (AvgIpc) is 2.59. The lowest BCUT2D eigenvalue weighted by atomic mass is 10.1. The standard InChI is InChI=1S/C17H18BrNO4/c1-21-14-9-6-12(15(22-2)16(14)23-3)10-19-17(20)11-4-7-13(18)8-5-11/h4-9H,10H2,1-3H3,(H,19,20). The molecule has 23 heavy (non-hydrogen) atoms. The molecular formula is C17H18BrNO4. The minimum Gasteiger partial charge on any atom is -0.493 e. The first kappa shape index (κ1) is 17.1. The number of carbonyl (C=O) groups is 1. The lowest BCUT2D eigenvalue weighted by Crippen LogP contribution is -2.23. The van der Waals surface area contributed by atoms with Crippen molar-refractivity contribution >= 4 is 21.8 Å². The molecule has 1 N–H and O–H groups in total. The van der Waals surface area contributed by atoms with Crippen molar-refractivity contribution in [3.8, 4) is 17.2 Å². The van der Waals surface area contributed by atoms with Crippen LogP contribution >= 0.6 is 15.9 Å². The molecule has 0 radical (unpaired) electrons. The molecule has 6 heteroatoms. The number of methoxy groups -OCH3 is 3. The Morgan fingerprint density at radius 2 is 1.61 bits per heavy atom. The number of amides is 1. The predicted octanol–water partition coefficient (Wildman–Crippen LogP) is 3.40. The van der Waals surface area contributed by atoms with Gasteiger partial charge in [0, 0.05) is 22.1 Å². The minimum absolute atomic E-state index is 0.158. The lowest BCUT2D eigenvalue weighted by Gasteiger charge is -2.16. The number of hydrogen-bond acceptors (Lipinski definition) is 4. The smallest absolute Gasteiger partial charge is 0.251 e. The maximum Gasteiger partial charge on any atom is 0.251 e. The van der Waals surface area contributed by atoms with Gasteiger partial charge in [0.2, 0.25) is 5.75 Å². The molecule has 0 fully saturated rings. The molecule has 122 valence electrons. The van der Waals surface area contributed by atoms with Crippen LogP contribution in [-0.4, -0.2) is 27.2 Å². The summed E-state index contributed by atoms with van der Waals surface area (Å²) in [6, 6.07) is 10.8. The van der Waals surface area contributed by atoms with Crippen LogP contribution in [0, 0.1) is 0 Å². The fourth-order valence-electron chi connectivity index (χ4n) is 2.18. The van der Waals surface area contributed by atoms with Gasteiger partial charge in [-0.25, -0.2) is 0 Å². The molecule has 0 atom stereocenters. The molecule has 0 aliphatic heterocycles. The number of nitrogens with one attached hydrogen (secondary N) is 1. The predicted molar refractivity (Wildman–Crippen MR) is 91.4 cm³/mol. The molecule has 0 heterocycles. The Kier molecular flexibility index (Phi) is 5.87. The molecule has 2 aromatic carbocycles. The Bertz CT molecular complexity index is 686. The summed E-state index contributed by atoms with van der Waals surface area (Å²) in [6.07, 6.45) is 0. The van der Waals surface area contributed by atoms with Gasteiger partial charge in [0.1, 0.15) is 0 Å². The third-order valence-electron chi connectivity index (χ3n) is 3.33. The monoisotopic (exact) mass is 379 g/mol. The van der Waals surface area contributed by atoms with Crippen molar-refractivity contribution < 1.29 is 19.0 Å². The van der Waals surface area contributed by atoms with Crippen LogP contribution in [0.1, 0.15) is 15.9 Å². The van der Waals surface area contributed by atoms with Gasteiger partial charge in [-0.1, -0.05) is 15.9 Å². The van der Waals surface area contributed by atoms with Crippen molar-refractivity contribution in [3.63, 3.8) is 0 Å². The molecule has 0 aliphatic carbocycles. The topological polar surface area (TPSA) is 56.8 Å². The Labute approximate surface area is 143 Å². The molecule has 0 unspecified atom stereocenters. The highest BCUT2D eigenvalue weighted by atomic mass is 79.9. The summed E-state index contributed by atoms with van der Waals surface area (Å²) in [4.78, 5) is 12.2. The summed E-state index contributed by atoms with van der Waals surface area (Å²) < 4.78 is 16.9. The number of rotatable bonds is 6. The molecule has 0 spiro atoms. The van der Waals surface area contributed by atoms with Crippen LogP contribution in [0.2, 0.25) is 0 Å². The second-order valence-corrected chi connectivity index (χ2v) is 5.60. The van der Waals surface area contributed by atoms with Crippen molar-refractivity contribution in [3.05, 3.63) is 52.0 Å². The van der Waals surface area contributed by atoms with Crippen LogP contribution in [0.3, 0.4) is 0 Å². The van der Waals surface area contributed by atoms with Crippen molar-refractivity contribution in [2.24, 2.45) is 0 Å². The molecule has 1 amide bonds. The Hall–Kier alpha value is -2.21. The van der Waals surface area contributed by atoms with E-state index in [0.717, 1.165) is 10.0 Å². The van der Waals surface area contributed by atoms with Crippen molar-refractivity contribution in [1.29, 1.82) is 0 Å². The van der Waals surface area contributed by atoms with Crippen molar-refractivity contribution in [1.82, 2.24) is 5.32 Å². The molecule has 0 saturated carbocycles. The summed E-state index contributed by atoms with van der Waals surface area (Å²) in [5, 5.41) is 2.87. The first-order valence-corrected chi connectivity index (χ1v) is 7.71. The number of halogens is 1. The maximum atomic E-state index is 12.2. The molecule has 0 aromatic heterocycles. The zero-order chi connectivity index (χ0) is 16.8. The summed E-state index contributed by atoms with van der Waals surface area (Å²) in [5.41, 5.74) is 1.39. The number of ether oxygens (including phenoxy) is 3. The quantitative estimate of drug-likeness (QED) is 0.835. The van der Waals surface area contributed by atoms with E-state index < -0.39 is 0 Å². The van der Waals surface area contributed by atoms with E-state index in [1.807, 2.05) is 18.2 Å². The van der Waals surface area contributed by atoms with Gasteiger partial charge >= 0.3 is 0 Å². The first-order chi connectivity index (χ1) is 11.1. The third-order valence-corrected chi connectivity index (χ3v) is 3.86. The summed E-state index contributed by atoms with van der Waals surface area (Å²) in [6.45, 7) is 0.318. The van der Waals surface area contributed by atoms with Crippen LogP contribution in [-0.2, 0) is 6.54 Å². The number of benzene rings is 2. The van der Waals surface area contributed by atoms with Gasteiger partial charge in [-0.2, -0.15) is 0 Å². The van der Waals surface area contributed by atoms with E-state index in [1.165, 1.54) is 0 Å². The van der Waals surface area contributed by atoms with Gasteiger partial charge in [-0.3, -0.25) is 4.79 Å². The summed E-state index contributed by atoms with van der Waals surface area (Å²) >= 11 is 3.34. The minimum atomic E-state index is -0.158. The van der Waals surface area contributed by atoms with Gasteiger partial charge < -0.3 is 19.5 Å². The third kappa shape index (κ3) is 3.96. The Morgan fingerprint density at radius 1 is 0.957 bits per heavy atom. The molecule has 2 aromatic rings. The molecule has 5 nitrogen and oxygen atoms in total. The summed E-state index contributed by atoms with van der Waals surface area (Å²) in [7, 11) is 4.66. The summed E-state index contributed by atoms with van der Waals surface area (Å²) in [5.74, 6) is 1.47. The van der Waals surface area contributed by atoms with E-state index in [2.05, 4.69) is 21.2 Å². The van der Waals surface area contributed by atoms with E-state index in [0.29, 0.717) is 29.4 Å². The second-order valence-electron chi connectivity index (χ2n) is 4.68. The first-order valence-electron chi connectivity index (χ1n) is 6.92. The second kappa shape index (κ2) is 7.87. The highest BCUT2D eigenvalue weighted by Crippen LogP contribution is 2.39. The van der Waals surface area contributed by atoms with E-state index in [4.69, 9.17) is 14.2 Å². The Balaban J connectivity index is 2.17. The highest BCUT2D eigenvalue weighted by molar-refractivity contribution is 9.10. The van der Waals surface area contributed by atoms with Gasteiger partial charge in [0.15, 0.2) is 11.5 Å². The van der Waals surface area contributed by atoms with Gasteiger partial charge in [0.05, 0.1) is 21.3 Å². The maximum absolute atomic E-state index is 12.2. The van der Waals surface area contributed by atoms with Crippen LogP contribution in [0.4, 0.5) is 0 Å². The van der Waals surface area contributed by atoms with E-state index in [-0.39, 0.29) is 5.91 Å². The van der Waals surface area contributed by atoms with Gasteiger partial charge in [0.25, 0.3) is 5.91 Å². The SMILES string of the molecule is COc1ccc(CNC(=O)c2ccc(Br)cc2)c(OC)c1OC. The van der Waals surface area contributed by atoms with Crippen molar-refractivity contribution in [2.45, 2.75) is 6.54 Å². The van der Waals surface area contributed by atoms with Crippen LogP contribution < -0.4 is 19.5 Å². The van der Waals surface area contributed by atoms with Crippen LogP contribution in [0.5, 0.6) is 17.2 Å². The molecular weight excluding hydrogens is 362 g/mol. The fourth-order valence-corrected chi connectivity index (χ4v) is 2.45. The lowest BCUT2D eigenvalue weighted by molar-refractivity contribution is 0.0950. The molecule has 0 bridgehead atoms. The van der Waals surface area contributed by atoms with Gasteiger partial charge in [-0.15, -0.1) is 0 Å². The van der Waals surface area contributed by atoms with Gasteiger partial charge in [-0.05, 0) is 36.4 Å². The van der Waals surface area contributed by atoms with E-state index >= 15 is 0 Å². The average molecular weight is 380 g/mol. The normalized spacial score (nSPS) is 10.1. The van der Waals surface area contributed by atoms with Crippen LogP contribution in [0.15, 0.2) is 40.9 Å². The molecule has 0 saturated heterocycles. The Morgan fingerprint density at radius 3 is 2.17 bits per heavy atom. The molecule has 0 aliphatic rings. The zero-order valence-electron chi connectivity index (χ0n) is 13.2. The van der Waals surface area contributed by atoms with Crippen molar-refractivity contribution in [2.75, 3.05) is 21.3 Å². The number of carbonyl (C=O) groups excluding carboxylic acids is 1. The van der Waals surface area contributed by atoms with E-state index in [1.54, 1.807) is 39.5 Å².